The highest BCUT2D eigenvalue weighted by atomic mass is 32.2. The third-order valence-electron chi connectivity index (χ3n) is 3.81. The largest absolute Gasteiger partial charge is 0.464 e. The highest BCUT2D eigenvalue weighted by molar-refractivity contribution is 7.88. The molecule has 130 valence electrons. The van der Waals surface area contributed by atoms with Crippen LogP contribution in [0.1, 0.15) is 11.1 Å². The summed E-state index contributed by atoms with van der Waals surface area (Å²) in [5.74, 6) is -0.434. The Balaban J connectivity index is 1.65. The van der Waals surface area contributed by atoms with Gasteiger partial charge < -0.3 is 4.42 Å². The van der Waals surface area contributed by atoms with Gasteiger partial charge in [0.05, 0.1) is 16.9 Å². The first-order valence-electron chi connectivity index (χ1n) is 7.61. The van der Waals surface area contributed by atoms with Crippen molar-refractivity contribution < 1.29 is 17.8 Å². The molecular formula is C17H16N2O5S. The molecule has 0 amide bonds. The predicted molar refractivity (Wildman–Crippen MR) is 93.6 cm³/mol. The molecule has 3 aromatic rings. The third kappa shape index (κ3) is 4.04. The van der Waals surface area contributed by atoms with Crippen molar-refractivity contribution in [2.75, 3.05) is 6.54 Å². The molecule has 1 aromatic heterocycles. The summed E-state index contributed by atoms with van der Waals surface area (Å²) in [5, 5.41) is 11.9. The first-order chi connectivity index (χ1) is 12.0. The van der Waals surface area contributed by atoms with Gasteiger partial charge in [0.15, 0.2) is 0 Å². The van der Waals surface area contributed by atoms with Crippen LogP contribution in [0.3, 0.4) is 0 Å². The van der Waals surface area contributed by atoms with Crippen LogP contribution < -0.4 is 4.72 Å². The van der Waals surface area contributed by atoms with Gasteiger partial charge in [0.25, 0.3) is 5.69 Å². The average Bonchev–Trinajstić information content (AvgIpc) is 2.98. The number of nitrogens with one attached hydrogen (secondary N) is 1. The number of fused-ring (bicyclic) bond motifs is 1. The summed E-state index contributed by atoms with van der Waals surface area (Å²) < 4.78 is 32.3. The van der Waals surface area contributed by atoms with Crippen molar-refractivity contribution in [3.63, 3.8) is 0 Å². The Morgan fingerprint density at radius 2 is 1.76 bits per heavy atom. The van der Waals surface area contributed by atoms with Gasteiger partial charge in [0.2, 0.25) is 10.0 Å². The van der Waals surface area contributed by atoms with Crippen LogP contribution in [-0.2, 0) is 22.2 Å². The molecule has 7 nitrogen and oxygen atoms in total. The van der Waals surface area contributed by atoms with Gasteiger partial charge in [-0.25, -0.2) is 13.1 Å². The first-order valence-corrected chi connectivity index (χ1v) is 9.26. The number of hydrogen-bond donors (Lipinski definition) is 1. The lowest BCUT2D eigenvalue weighted by Crippen LogP contribution is -2.27. The summed E-state index contributed by atoms with van der Waals surface area (Å²) in [6, 6.07) is 13.3. The lowest BCUT2D eigenvalue weighted by atomic mass is 10.1. The van der Waals surface area contributed by atoms with Gasteiger partial charge in [-0.15, -0.1) is 0 Å². The van der Waals surface area contributed by atoms with Crippen molar-refractivity contribution in [2.45, 2.75) is 12.2 Å². The number of benzene rings is 2. The second kappa shape index (κ2) is 7.04. The van der Waals surface area contributed by atoms with E-state index in [1.54, 1.807) is 12.3 Å². The number of nitro benzene ring substituents is 1. The summed E-state index contributed by atoms with van der Waals surface area (Å²) in [6.07, 6.45) is 2.08. The average molecular weight is 360 g/mol. The van der Waals surface area contributed by atoms with Crippen molar-refractivity contribution in [2.24, 2.45) is 0 Å². The van der Waals surface area contributed by atoms with E-state index in [1.165, 1.54) is 18.2 Å². The molecule has 0 atom stereocenters. The summed E-state index contributed by atoms with van der Waals surface area (Å²) in [4.78, 5) is 10.4. The second-order valence-corrected chi connectivity index (χ2v) is 7.35. The van der Waals surface area contributed by atoms with Crippen molar-refractivity contribution in [3.8, 4) is 0 Å². The van der Waals surface area contributed by atoms with Crippen LogP contribution in [0.5, 0.6) is 0 Å². The van der Waals surface area contributed by atoms with E-state index in [0.29, 0.717) is 6.42 Å². The van der Waals surface area contributed by atoms with Crippen LogP contribution in [0, 0.1) is 10.1 Å². The maximum Gasteiger partial charge on any atom is 0.273 e. The van der Waals surface area contributed by atoms with Crippen molar-refractivity contribution in [3.05, 3.63) is 76.0 Å². The number of hydrogen-bond acceptors (Lipinski definition) is 5. The van der Waals surface area contributed by atoms with E-state index in [0.717, 1.165) is 16.5 Å². The minimum Gasteiger partial charge on any atom is -0.464 e. The molecule has 0 aliphatic heterocycles. The smallest absolute Gasteiger partial charge is 0.273 e. The fourth-order valence-corrected chi connectivity index (χ4v) is 3.80. The fourth-order valence-electron chi connectivity index (χ4n) is 2.63. The predicted octanol–water partition coefficient (Wildman–Crippen LogP) is 3.00. The molecule has 8 heteroatoms. The van der Waals surface area contributed by atoms with Gasteiger partial charge in [-0.1, -0.05) is 36.4 Å². The molecule has 0 saturated carbocycles. The van der Waals surface area contributed by atoms with E-state index in [4.69, 9.17) is 4.42 Å². The van der Waals surface area contributed by atoms with Crippen LogP contribution in [0.25, 0.3) is 11.0 Å². The van der Waals surface area contributed by atoms with Gasteiger partial charge in [0.1, 0.15) is 5.58 Å². The molecule has 0 spiro atoms. The molecule has 0 unspecified atom stereocenters. The minimum atomic E-state index is -3.68. The molecule has 3 rings (SSSR count). The standard InChI is InChI=1S/C17H16N2O5S/c20-19(21)16-7-3-1-5-14(16)12-25(22,23)18-10-9-13-11-24-17-8-4-2-6-15(13)17/h1-8,11,18H,9-10,12H2. The lowest BCUT2D eigenvalue weighted by Gasteiger charge is -2.07. The van der Waals surface area contributed by atoms with Crippen LogP contribution in [0.2, 0.25) is 0 Å². The number of nitrogens with zero attached hydrogens (tertiary/aromatic N) is 1. The Labute approximate surface area is 144 Å². The van der Waals surface area contributed by atoms with Gasteiger partial charge in [0, 0.05) is 23.6 Å². The van der Waals surface area contributed by atoms with Gasteiger partial charge in [-0.05, 0) is 18.1 Å². The molecule has 25 heavy (non-hydrogen) atoms. The quantitative estimate of drug-likeness (QED) is 0.515. The molecular weight excluding hydrogens is 344 g/mol. The van der Waals surface area contributed by atoms with E-state index in [1.807, 2.05) is 24.3 Å². The van der Waals surface area contributed by atoms with Crippen LogP contribution >= 0.6 is 0 Å². The molecule has 1 N–H and O–H groups in total. The van der Waals surface area contributed by atoms with Crippen molar-refractivity contribution in [1.82, 2.24) is 4.72 Å². The topological polar surface area (TPSA) is 102 Å². The zero-order valence-electron chi connectivity index (χ0n) is 13.2. The van der Waals surface area contributed by atoms with Crippen molar-refractivity contribution >= 4 is 26.7 Å². The van der Waals surface area contributed by atoms with Crippen molar-refractivity contribution in [1.29, 1.82) is 0 Å². The summed E-state index contributed by atoms with van der Waals surface area (Å²) in [6.45, 7) is 0.187. The first kappa shape index (κ1) is 17.1. The summed E-state index contributed by atoms with van der Waals surface area (Å²) in [7, 11) is -3.68. The molecule has 1 heterocycles. The number of sulfonamides is 1. The van der Waals surface area contributed by atoms with Gasteiger partial charge in [-0.2, -0.15) is 0 Å². The Kier molecular flexibility index (Phi) is 4.82. The monoisotopic (exact) mass is 360 g/mol. The number of furan rings is 1. The second-order valence-electron chi connectivity index (χ2n) is 5.55. The normalized spacial score (nSPS) is 11.7. The molecule has 0 radical (unpaired) electrons. The molecule has 0 saturated heterocycles. The highest BCUT2D eigenvalue weighted by Gasteiger charge is 2.19. The molecule has 0 aliphatic carbocycles. The number of nitro groups is 1. The molecule has 0 aliphatic rings. The van der Waals surface area contributed by atoms with E-state index < -0.39 is 20.7 Å². The number of para-hydroxylation sites is 2. The minimum absolute atomic E-state index is 0.161. The van der Waals surface area contributed by atoms with E-state index in [2.05, 4.69) is 4.72 Å². The van der Waals surface area contributed by atoms with Crippen LogP contribution in [-0.4, -0.2) is 19.9 Å². The highest BCUT2D eigenvalue weighted by Crippen LogP contribution is 2.21. The lowest BCUT2D eigenvalue weighted by molar-refractivity contribution is -0.385. The molecule has 0 bridgehead atoms. The summed E-state index contributed by atoms with van der Waals surface area (Å²) in [5.41, 5.74) is 1.62. The fraction of sp³-hybridized carbons (Fsp3) is 0.176. The van der Waals surface area contributed by atoms with E-state index >= 15 is 0 Å². The SMILES string of the molecule is O=[N+]([O-])c1ccccc1CS(=O)(=O)NCCc1coc2ccccc12. The van der Waals surface area contributed by atoms with Gasteiger partial charge >= 0.3 is 0 Å². The maximum atomic E-state index is 12.2. The molecule has 2 aromatic carbocycles. The third-order valence-corrected chi connectivity index (χ3v) is 5.15. The van der Waals surface area contributed by atoms with Crippen LogP contribution in [0.4, 0.5) is 5.69 Å². The Morgan fingerprint density at radius 1 is 1.04 bits per heavy atom. The Hall–Kier alpha value is -2.71. The Bertz CT molecular complexity index is 1010. The number of rotatable bonds is 7. The van der Waals surface area contributed by atoms with E-state index in [9.17, 15) is 18.5 Å². The molecule has 0 fully saturated rings. The zero-order valence-corrected chi connectivity index (χ0v) is 14.0. The zero-order chi connectivity index (χ0) is 17.9. The summed E-state index contributed by atoms with van der Waals surface area (Å²) >= 11 is 0. The van der Waals surface area contributed by atoms with Gasteiger partial charge in [-0.3, -0.25) is 10.1 Å². The Morgan fingerprint density at radius 3 is 2.56 bits per heavy atom. The van der Waals surface area contributed by atoms with Crippen LogP contribution in [0.15, 0.2) is 59.2 Å². The maximum absolute atomic E-state index is 12.2. The van der Waals surface area contributed by atoms with E-state index in [-0.39, 0.29) is 17.8 Å².